The number of sulfone groups is 1. The van der Waals surface area contributed by atoms with Gasteiger partial charge >= 0.3 is 0 Å². The van der Waals surface area contributed by atoms with Crippen molar-refractivity contribution in [1.29, 1.82) is 0 Å². The zero-order chi connectivity index (χ0) is 54.9. The minimum Gasteiger partial charge on any atom is -0.491 e. The summed E-state index contributed by atoms with van der Waals surface area (Å²) in [5.74, 6) is -0.252. The quantitative estimate of drug-likeness (QED) is 0.0546. The third-order valence-corrected chi connectivity index (χ3v) is 17.1. The monoisotopic (exact) mass is 1090 g/mol. The molecule has 0 fully saturated rings. The highest BCUT2D eigenvalue weighted by Crippen LogP contribution is 2.38. The van der Waals surface area contributed by atoms with E-state index in [4.69, 9.17) is 28.7 Å². The maximum absolute atomic E-state index is 14.7. The van der Waals surface area contributed by atoms with Crippen LogP contribution in [-0.4, -0.2) is 129 Å². The van der Waals surface area contributed by atoms with Gasteiger partial charge in [0.15, 0.2) is 9.84 Å². The molecule has 6 aromatic rings. The number of benzene rings is 4. The minimum absolute atomic E-state index is 0.0734. The van der Waals surface area contributed by atoms with Crippen molar-refractivity contribution in [3.05, 3.63) is 113 Å². The van der Waals surface area contributed by atoms with Gasteiger partial charge in [-0.25, -0.2) is 18.4 Å². The summed E-state index contributed by atoms with van der Waals surface area (Å²) in [7, 11) is -2.14. The van der Waals surface area contributed by atoms with Gasteiger partial charge in [-0.05, 0) is 124 Å². The number of likely N-dealkylation sites (N-methyl/N-ethyl adjacent to an activating group) is 1. The van der Waals surface area contributed by atoms with E-state index in [1.807, 2.05) is 81.4 Å². The number of carbonyl (C=O) groups excluding carboxylic acids is 3. The van der Waals surface area contributed by atoms with Crippen LogP contribution in [0.25, 0.3) is 21.1 Å². The molecule has 3 atom stereocenters. The number of anilines is 2. The summed E-state index contributed by atoms with van der Waals surface area (Å²) in [6, 6.07) is 22.4. The first kappa shape index (κ1) is 56.8. The summed E-state index contributed by atoms with van der Waals surface area (Å²) in [4.78, 5) is 57.5. The fraction of sp³-hybridized carbons (Fsp3) is 0.448. The molecule has 1 aliphatic heterocycles. The zero-order valence-electron chi connectivity index (χ0n) is 45.3. The average molecular weight is 1090 g/mol. The lowest BCUT2D eigenvalue weighted by molar-refractivity contribution is -0.146. The van der Waals surface area contributed by atoms with Crippen molar-refractivity contribution < 1.29 is 46.5 Å². The number of ether oxygens (including phenoxy) is 5. The number of hydrogen-bond acceptors (Lipinski definition) is 15. The molecule has 3 amide bonds. The van der Waals surface area contributed by atoms with Crippen molar-refractivity contribution in [3.8, 4) is 11.5 Å². The number of aromatic nitrogens is 2. The molecule has 410 valence electrons. The smallest absolute Gasteiger partial charge is 0.269 e. The molecular formula is C58H71N7O10S2. The lowest BCUT2D eigenvalue weighted by Gasteiger charge is -2.40. The molecule has 2 aromatic heterocycles. The summed E-state index contributed by atoms with van der Waals surface area (Å²) in [6.45, 7) is 14.7. The van der Waals surface area contributed by atoms with E-state index < -0.39 is 38.1 Å². The van der Waals surface area contributed by atoms with E-state index in [1.165, 1.54) is 0 Å². The summed E-state index contributed by atoms with van der Waals surface area (Å²) < 4.78 is 57.2. The number of carbonyl (C=O) groups is 3. The lowest BCUT2D eigenvalue weighted by atomic mass is 9.84. The first-order chi connectivity index (χ1) is 36.8. The number of nitrogens with zero attached hydrogens (tertiary/aromatic N) is 4. The van der Waals surface area contributed by atoms with Gasteiger partial charge < -0.3 is 44.5 Å². The van der Waals surface area contributed by atoms with Gasteiger partial charge in [-0.1, -0.05) is 51.1 Å². The standard InChI is InChI=1S/C58H71N7O10S2/c1-37(59-8)54(66)64-53(57(2,3)4)56(68)65-35-40-30-42(18-16-39(40)31-49(65)55(67)63-45-15-11-13-38-12-9-10-14-43(38)45)74-28-26-72-24-22-71-23-25-73-27-29-75-50-34-47-44(33-52(50)77(69,70)58(5,6)7)46(20-21-60-47)62-41-17-19-51-48(32-41)61-36-76-51/h9-10,12,14,16-21,30,32-34,36-37,49,53,59H,11,13,15,22-29,31,35H2,1-8H3,(H,60,62)(H,64,66)/t37-,49-,53+/m0/s1. The Morgan fingerprint density at radius 2 is 1.51 bits per heavy atom. The molecule has 3 N–H and O–H groups in total. The highest BCUT2D eigenvalue weighted by atomic mass is 32.2. The van der Waals surface area contributed by atoms with Crippen LogP contribution in [0.15, 0.2) is 100 Å². The van der Waals surface area contributed by atoms with Crippen molar-refractivity contribution in [1.82, 2.24) is 25.5 Å². The van der Waals surface area contributed by atoms with Crippen LogP contribution in [0.4, 0.5) is 11.4 Å². The third-order valence-electron chi connectivity index (χ3n) is 13.8. The van der Waals surface area contributed by atoms with Gasteiger partial charge in [-0.2, -0.15) is 0 Å². The van der Waals surface area contributed by atoms with Gasteiger partial charge in [0.05, 0.1) is 77.4 Å². The first-order valence-corrected chi connectivity index (χ1v) is 28.5. The van der Waals surface area contributed by atoms with E-state index in [0.29, 0.717) is 61.8 Å². The summed E-state index contributed by atoms with van der Waals surface area (Å²) in [5.41, 5.74) is 8.72. The number of pyridine rings is 1. The molecule has 0 saturated heterocycles. The van der Waals surface area contributed by atoms with E-state index in [9.17, 15) is 22.8 Å². The number of thiazole rings is 1. The Balaban J connectivity index is 0.801. The molecule has 0 saturated carbocycles. The number of rotatable bonds is 22. The number of aryl methyl sites for hydroxylation is 1. The van der Waals surface area contributed by atoms with E-state index in [1.54, 1.807) is 74.8 Å². The molecule has 0 bridgehead atoms. The summed E-state index contributed by atoms with van der Waals surface area (Å²) in [6.07, 6.45) is 4.41. The Morgan fingerprint density at radius 1 is 0.792 bits per heavy atom. The fourth-order valence-corrected chi connectivity index (χ4v) is 11.2. The maximum Gasteiger partial charge on any atom is 0.269 e. The number of hydrogen-bond donors (Lipinski definition) is 3. The van der Waals surface area contributed by atoms with Crippen LogP contribution in [0.5, 0.6) is 11.5 Å². The second-order valence-corrected chi connectivity index (χ2v) is 24.9. The van der Waals surface area contributed by atoms with Crippen molar-refractivity contribution in [2.24, 2.45) is 10.4 Å². The predicted molar refractivity (Wildman–Crippen MR) is 300 cm³/mol. The van der Waals surface area contributed by atoms with Crippen molar-refractivity contribution in [3.63, 3.8) is 0 Å². The second kappa shape index (κ2) is 25.0. The molecule has 0 spiro atoms. The van der Waals surface area contributed by atoms with Crippen LogP contribution in [0.1, 0.15) is 83.6 Å². The van der Waals surface area contributed by atoms with E-state index in [0.717, 1.165) is 56.7 Å². The Hall–Kier alpha value is -6.35. The molecule has 8 rings (SSSR count). The van der Waals surface area contributed by atoms with Crippen LogP contribution in [-0.2, 0) is 57.8 Å². The van der Waals surface area contributed by atoms with Crippen molar-refractivity contribution >= 4 is 77.1 Å². The zero-order valence-corrected chi connectivity index (χ0v) is 46.9. The molecule has 17 nitrogen and oxygen atoms in total. The summed E-state index contributed by atoms with van der Waals surface area (Å²) in [5, 5.41) is 9.96. The Kier molecular flexibility index (Phi) is 18.4. The Bertz CT molecular complexity index is 3220. The Labute approximate surface area is 455 Å². The summed E-state index contributed by atoms with van der Waals surface area (Å²) >= 11 is 1.56. The molecule has 0 unspecified atom stereocenters. The molecule has 4 aromatic carbocycles. The first-order valence-electron chi connectivity index (χ1n) is 26.2. The SMILES string of the molecule is CN[C@@H](C)C(=O)N[C@H](C(=O)N1Cc2cc(OCCOCCOCCOCCOc3cc4nccc(Nc5ccc6scnc6c5)c4cc3S(=O)(=O)C(C)(C)C)ccc2C[C@H]1C(=O)N=C1CCCc2ccccc21)C(C)(C)C. The fourth-order valence-electron chi connectivity index (χ4n) is 9.22. The van der Waals surface area contributed by atoms with Crippen molar-refractivity contribution in [2.75, 3.05) is 65.2 Å². The second-order valence-electron chi connectivity index (χ2n) is 21.3. The topological polar surface area (TPSA) is 209 Å². The van der Waals surface area contributed by atoms with Gasteiger partial charge in [0.25, 0.3) is 5.91 Å². The van der Waals surface area contributed by atoms with Crippen LogP contribution >= 0.6 is 11.3 Å². The van der Waals surface area contributed by atoms with Crippen LogP contribution < -0.4 is 25.4 Å². The number of aliphatic imine (C=N–C) groups is 1. The number of amides is 3. The molecule has 77 heavy (non-hydrogen) atoms. The highest BCUT2D eigenvalue weighted by Gasteiger charge is 2.43. The lowest BCUT2D eigenvalue weighted by Crippen LogP contribution is -2.60. The molecule has 2 aliphatic rings. The largest absolute Gasteiger partial charge is 0.491 e. The van der Waals surface area contributed by atoms with Crippen LogP contribution in [0.3, 0.4) is 0 Å². The molecule has 0 radical (unpaired) electrons. The van der Waals surface area contributed by atoms with E-state index in [-0.39, 0.29) is 61.2 Å². The van der Waals surface area contributed by atoms with Crippen LogP contribution in [0.2, 0.25) is 0 Å². The minimum atomic E-state index is -3.83. The van der Waals surface area contributed by atoms with Gasteiger partial charge in [0, 0.05) is 42.0 Å². The van der Waals surface area contributed by atoms with Gasteiger partial charge in [-0.15, -0.1) is 11.3 Å². The molecular weight excluding hydrogens is 1020 g/mol. The number of nitrogens with one attached hydrogen (secondary N) is 3. The van der Waals surface area contributed by atoms with Crippen LogP contribution in [0, 0.1) is 5.41 Å². The Morgan fingerprint density at radius 3 is 2.22 bits per heavy atom. The van der Waals surface area contributed by atoms with Crippen molar-refractivity contribution in [2.45, 2.75) is 108 Å². The van der Waals surface area contributed by atoms with Gasteiger partial charge in [0.1, 0.15) is 41.7 Å². The normalized spacial score (nSPS) is 16.2. The average Bonchev–Trinajstić information content (AvgIpc) is 3.90. The predicted octanol–water partition coefficient (Wildman–Crippen LogP) is 8.41. The van der Waals surface area contributed by atoms with E-state index >= 15 is 0 Å². The van der Waals surface area contributed by atoms with Gasteiger partial charge in [0.2, 0.25) is 11.8 Å². The number of fused-ring (bicyclic) bond motifs is 4. The maximum atomic E-state index is 14.7. The van der Waals surface area contributed by atoms with Gasteiger partial charge in [-0.3, -0.25) is 19.4 Å². The molecule has 1 aliphatic carbocycles. The highest BCUT2D eigenvalue weighted by molar-refractivity contribution is 7.92. The molecule has 19 heteroatoms. The third kappa shape index (κ3) is 13.9. The molecule has 3 heterocycles. The van der Waals surface area contributed by atoms with E-state index in [2.05, 4.69) is 32.0 Å².